The molecule has 17 nitrogen and oxygen atoms in total. The molecule has 2 saturated heterocycles. The van der Waals surface area contributed by atoms with E-state index in [9.17, 15) is 45.3 Å². The Morgan fingerprint density at radius 3 is 2.27 bits per heavy atom. The number of nitrogens with zero attached hydrogens (tertiary/aromatic N) is 3. The van der Waals surface area contributed by atoms with Crippen LogP contribution in [0.1, 0.15) is 18.5 Å². The highest BCUT2D eigenvalue weighted by atomic mass is 16.7. The summed E-state index contributed by atoms with van der Waals surface area (Å²) >= 11 is 0. The second kappa shape index (κ2) is 13.0. The van der Waals surface area contributed by atoms with E-state index >= 15 is 0 Å². The van der Waals surface area contributed by atoms with Crippen molar-refractivity contribution < 1.29 is 59.5 Å². The van der Waals surface area contributed by atoms with Gasteiger partial charge in [0.2, 0.25) is 11.8 Å². The number of aliphatic hydroxyl groups is 7. The van der Waals surface area contributed by atoms with Gasteiger partial charge in [-0.05, 0) is 0 Å². The minimum absolute atomic E-state index is 0.0239. The fourth-order valence-electron chi connectivity index (χ4n) is 3.91. The number of hydrogen-bond donors (Lipinski definition) is 9. The molecule has 2 aliphatic rings. The van der Waals surface area contributed by atoms with E-state index in [1.807, 2.05) is 0 Å². The van der Waals surface area contributed by atoms with Crippen LogP contribution < -0.4 is 10.6 Å². The lowest BCUT2D eigenvalue weighted by atomic mass is 9.98. The van der Waals surface area contributed by atoms with Gasteiger partial charge in [-0.25, -0.2) is 4.68 Å². The van der Waals surface area contributed by atoms with Gasteiger partial charge in [0.15, 0.2) is 12.5 Å². The highest BCUT2D eigenvalue weighted by molar-refractivity contribution is 5.83. The summed E-state index contributed by atoms with van der Waals surface area (Å²) in [5.41, 5.74) is 0.355. The topological polar surface area (TPSA) is 258 Å². The average Bonchev–Trinajstić information content (AvgIpc) is 3.34. The minimum atomic E-state index is -1.64. The number of carbonyl (C=O) groups excluding carboxylic acids is 2. The van der Waals surface area contributed by atoms with Gasteiger partial charge in [0.05, 0.1) is 25.9 Å². The van der Waals surface area contributed by atoms with Crippen molar-refractivity contribution in [3.8, 4) is 0 Å². The Morgan fingerprint density at radius 2 is 1.59 bits per heavy atom. The van der Waals surface area contributed by atoms with E-state index in [0.29, 0.717) is 5.69 Å². The van der Waals surface area contributed by atoms with Crippen LogP contribution in [0.5, 0.6) is 0 Å². The Kier molecular flexibility index (Phi) is 10.2. The molecule has 3 heterocycles. The Morgan fingerprint density at radius 1 is 0.946 bits per heavy atom. The fourth-order valence-corrected chi connectivity index (χ4v) is 3.91. The largest absolute Gasteiger partial charge is 0.394 e. The van der Waals surface area contributed by atoms with Crippen molar-refractivity contribution in [3.05, 3.63) is 11.9 Å². The van der Waals surface area contributed by atoms with Crippen LogP contribution in [-0.2, 0) is 36.9 Å². The number of hydrogen-bond acceptors (Lipinski definition) is 14. The van der Waals surface area contributed by atoms with Crippen LogP contribution in [0.2, 0.25) is 0 Å². The fraction of sp³-hybridized carbons (Fsp3) is 0.800. The third-order valence-corrected chi connectivity index (χ3v) is 6.10. The SMILES string of the molecule is CO[C@H]1O[C@H](Cn2cc(CNC(=O)CCC(=O)N[C@@H]3O[C@H](CO)[C@H](O)[C@H](O)[C@H]3O)nn2)[C@@H](O)[C@H](O)[C@H]1O. The van der Waals surface area contributed by atoms with Gasteiger partial charge >= 0.3 is 0 Å². The normalized spacial score (nSPS) is 36.2. The molecular weight excluding hydrogens is 502 g/mol. The first-order valence-corrected chi connectivity index (χ1v) is 11.5. The summed E-state index contributed by atoms with van der Waals surface area (Å²) in [6.07, 6.45) is -12.8. The van der Waals surface area contributed by atoms with Crippen LogP contribution in [0.25, 0.3) is 0 Å². The maximum atomic E-state index is 12.1. The maximum Gasteiger partial charge on any atom is 0.222 e. The van der Waals surface area contributed by atoms with Crippen LogP contribution in [0, 0.1) is 0 Å². The molecule has 3 rings (SSSR count). The molecule has 0 unspecified atom stereocenters. The monoisotopic (exact) mass is 535 g/mol. The molecule has 0 saturated carbocycles. The molecule has 2 amide bonds. The van der Waals surface area contributed by atoms with Gasteiger partial charge in [-0.1, -0.05) is 5.21 Å². The Balaban J connectivity index is 1.41. The molecule has 1 aromatic heterocycles. The zero-order valence-corrected chi connectivity index (χ0v) is 19.9. The lowest BCUT2D eigenvalue weighted by Gasteiger charge is -2.40. The molecule has 2 fully saturated rings. The number of amides is 2. The van der Waals surface area contributed by atoms with Gasteiger partial charge in [0.25, 0.3) is 0 Å². The summed E-state index contributed by atoms with van der Waals surface area (Å²) in [7, 11) is 1.28. The predicted octanol–water partition coefficient (Wildman–Crippen LogP) is -5.96. The minimum Gasteiger partial charge on any atom is -0.394 e. The molecule has 9 N–H and O–H groups in total. The van der Waals surface area contributed by atoms with Crippen LogP contribution in [0.4, 0.5) is 0 Å². The number of aromatic nitrogens is 3. The molecule has 0 radical (unpaired) electrons. The Bertz CT molecular complexity index is 901. The number of carbonyl (C=O) groups is 2. The van der Waals surface area contributed by atoms with Gasteiger partial charge in [-0.15, -0.1) is 5.10 Å². The van der Waals surface area contributed by atoms with E-state index in [1.54, 1.807) is 0 Å². The molecule has 37 heavy (non-hydrogen) atoms. The Labute approximate surface area is 210 Å². The van der Waals surface area contributed by atoms with E-state index < -0.39 is 79.8 Å². The van der Waals surface area contributed by atoms with Crippen molar-refractivity contribution in [1.29, 1.82) is 0 Å². The van der Waals surface area contributed by atoms with E-state index in [-0.39, 0.29) is 25.9 Å². The van der Waals surface area contributed by atoms with Crippen LogP contribution in [-0.4, -0.2) is 138 Å². The van der Waals surface area contributed by atoms with E-state index in [4.69, 9.17) is 14.2 Å². The summed E-state index contributed by atoms with van der Waals surface area (Å²) in [5, 5.41) is 81.2. The van der Waals surface area contributed by atoms with Crippen LogP contribution >= 0.6 is 0 Å². The first kappa shape index (κ1) is 29.2. The van der Waals surface area contributed by atoms with Crippen molar-refractivity contribution in [2.75, 3.05) is 13.7 Å². The number of ether oxygens (including phenoxy) is 3. The second-order valence-corrected chi connectivity index (χ2v) is 8.78. The average molecular weight is 536 g/mol. The first-order valence-electron chi connectivity index (χ1n) is 11.5. The van der Waals surface area contributed by atoms with Gasteiger partial charge in [0.1, 0.15) is 54.5 Å². The van der Waals surface area contributed by atoms with Crippen molar-refractivity contribution in [1.82, 2.24) is 25.6 Å². The summed E-state index contributed by atoms with van der Waals surface area (Å²) in [6, 6.07) is 0. The molecule has 0 aliphatic carbocycles. The molecule has 2 aliphatic heterocycles. The van der Waals surface area contributed by atoms with Crippen molar-refractivity contribution in [2.45, 2.75) is 87.3 Å². The van der Waals surface area contributed by atoms with Crippen molar-refractivity contribution in [3.63, 3.8) is 0 Å². The van der Waals surface area contributed by atoms with Crippen molar-refractivity contribution in [2.24, 2.45) is 0 Å². The number of nitrogens with one attached hydrogen (secondary N) is 2. The second-order valence-electron chi connectivity index (χ2n) is 8.78. The molecule has 210 valence electrons. The molecule has 1 aromatic rings. The molecule has 0 spiro atoms. The third kappa shape index (κ3) is 7.17. The lowest BCUT2D eigenvalue weighted by Crippen LogP contribution is -2.63. The quantitative estimate of drug-likeness (QED) is 0.135. The lowest BCUT2D eigenvalue weighted by molar-refractivity contribution is -0.292. The maximum absolute atomic E-state index is 12.1. The standard InChI is InChI=1S/C20H33N5O12/c1-35-20-18(34)16(32)13(29)9(37-20)6-25-5-8(23-24-25)4-21-11(27)2-3-12(28)22-19-17(33)15(31)14(30)10(7-26)36-19/h5,9-10,13-20,26,29-34H,2-4,6-7H2,1H3,(H,21,27)(H,22,28)/t9-,10-,13-,14+,15+,16+,17-,18-,19-,20+/m1/s1. The zero-order chi connectivity index (χ0) is 27.3. The van der Waals surface area contributed by atoms with Gasteiger partial charge in [-0.2, -0.15) is 0 Å². The molecule has 17 heteroatoms. The van der Waals surface area contributed by atoms with Crippen molar-refractivity contribution >= 4 is 11.8 Å². The molecule has 0 aromatic carbocycles. The summed E-state index contributed by atoms with van der Waals surface area (Å²) in [4.78, 5) is 24.3. The smallest absolute Gasteiger partial charge is 0.222 e. The van der Waals surface area contributed by atoms with Gasteiger partial charge in [-0.3, -0.25) is 9.59 Å². The van der Waals surface area contributed by atoms with Gasteiger partial charge < -0.3 is 60.6 Å². The predicted molar refractivity (Wildman–Crippen MR) is 117 cm³/mol. The summed E-state index contributed by atoms with van der Waals surface area (Å²) in [6.45, 7) is -0.690. The first-order chi connectivity index (χ1) is 17.5. The van der Waals surface area contributed by atoms with E-state index in [1.165, 1.54) is 18.0 Å². The number of methoxy groups -OCH3 is 1. The third-order valence-electron chi connectivity index (χ3n) is 6.10. The zero-order valence-electron chi connectivity index (χ0n) is 19.9. The molecular formula is C20H33N5O12. The number of aliphatic hydroxyl groups excluding tert-OH is 7. The highest BCUT2D eigenvalue weighted by Crippen LogP contribution is 2.23. The summed E-state index contributed by atoms with van der Waals surface area (Å²) in [5.74, 6) is -1.16. The number of rotatable bonds is 10. The van der Waals surface area contributed by atoms with E-state index in [0.717, 1.165) is 0 Å². The molecule has 10 atom stereocenters. The van der Waals surface area contributed by atoms with Crippen LogP contribution in [0.3, 0.4) is 0 Å². The Hall–Kier alpha value is -2.32. The highest BCUT2D eigenvalue weighted by Gasteiger charge is 2.45. The van der Waals surface area contributed by atoms with Crippen LogP contribution in [0.15, 0.2) is 6.20 Å². The van der Waals surface area contributed by atoms with E-state index in [2.05, 4.69) is 20.9 Å². The summed E-state index contributed by atoms with van der Waals surface area (Å²) < 4.78 is 16.9. The van der Waals surface area contributed by atoms with Gasteiger partial charge in [0, 0.05) is 20.0 Å². The molecule has 0 bridgehead atoms.